The third-order valence-corrected chi connectivity index (χ3v) is 4.79. The Balaban J connectivity index is 2.13. The van der Waals surface area contributed by atoms with Gasteiger partial charge < -0.3 is 15.4 Å². The molecule has 0 fully saturated rings. The van der Waals surface area contributed by atoms with E-state index in [-0.39, 0.29) is 5.91 Å². The fourth-order valence-electron chi connectivity index (χ4n) is 2.96. The topological polar surface area (TPSA) is 80.3 Å². The van der Waals surface area contributed by atoms with Gasteiger partial charge in [-0.15, -0.1) is 0 Å². The van der Waals surface area contributed by atoms with E-state index in [1.165, 1.54) is 0 Å². The average molecular weight is 397 g/mol. The molecule has 1 amide bonds. The molecule has 156 valence electrons. The van der Waals surface area contributed by atoms with Gasteiger partial charge in [-0.1, -0.05) is 26.7 Å². The van der Waals surface area contributed by atoms with Gasteiger partial charge >= 0.3 is 0 Å². The maximum Gasteiger partial charge on any atom is 0.253 e. The number of ether oxygens (including phenoxy) is 1. The van der Waals surface area contributed by atoms with Crippen LogP contribution < -0.4 is 10.5 Å². The van der Waals surface area contributed by atoms with Crippen LogP contribution in [0.2, 0.25) is 0 Å². The fourth-order valence-corrected chi connectivity index (χ4v) is 2.96. The van der Waals surface area contributed by atoms with Gasteiger partial charge in [0.2, 0.25) is 0 Å². The molecular weight excluding hydrogens is 364 g/mol. The van der Waals surface area contributed by atoms with Gasteiger partial charge in [0, 0.05) is 24.7 Å². The molecule has 29 heavy (non-hydrogen) atoms. The SMILES string of the molecule is CCCCN(CCCC)C(=O)c1ccc(N=Nc2cc(OC)c(N)cc2C)cc1. The van der Waals surface area contributed by atoms with E-state index in [4.69, 9.17) is 10.5 Å². The average Bonchev–Trinajstić information content (AvgIpc) is 2.73. The molecule has 0 aliphatic carbocycles. The normalized spacial score (nSPS) is 11.0. The van der Waals surface area contributed by atoms with Gasteiger partial charge in [0.15, 0.2) is 0 Å². The van der Waals surface area contributed by atoms with Gasteiger partial charge in [0.1, 0.15) is 5.75 Å². The summed E-state index contributed by atoms with van der Waals surface area (Å²) in [6, 6.07) is 10.9. The number of hydrogen-bond donors (Lipinski definition) is 1. The monoisotopic (exact) mass is 396 g/mol. The van der Waals surface area contributed by atoms with E-state index >= 15 is 0 Å². The van der Waals surface area contributed by atoms with Crippen molar-refractivity contribution < 1.29 is 9.53 Å². The molecule has 0 aliphatic rings. The van der Waals surface area contributed by atoms with E-state index in [0.717, 1.165) is 44.3 Å². The molecule has 0 radical (unpaired) electrons. The molecule has 6 nitrogen and oxygen atoms in total. The van der Waals surface area contributed by atoms with Gasteiger partial charge in [-0.05, 0) is 55.7 Å². The molecule has 2 N–H and O–H groups in total. The lowest BCUT2D eigenvalue weighted by molar-refractivity contribution is 0.0751. The number of unbranched alkanes of at least 4 members (excludes halogenated alkanes) is 2. The molecule has 2 rings (SSSR count). The first kappa shape index (κ1) is 22.4. The highest BCUT2D eigenvalue weighted by atomic mass is 16.5. The lowest BCUT2D eigenvalue weighted by Gasteiger charge is -2.22. The Labute approximate surface area is 173 Å². The van der Waals surface area contributed by atoms with Crippen LogP contribution in [0.4, 0.5) is 17.1 Å². The number of anilines is 1. The number of aryl methyl sites for hydroxylation is 1. The zero-order chi connectivity index (χ0) is 21.2. The van der Waals surface area contributed by atoms with Crippen molar-refractivity contribution in [2.75, 3.05) is 25.9 Å². The number of azo groups is 1. The summed E-state index contributed by atoms with van der Waals surface area (Å²) in [5.41, 5.74) is 9.46. The van der Waals surface area contributed by atoms with Gasteiger partial charge in [-0.25, -0.2) is 0 Å². The second-order valence-corrected chi connectivity index (χ2v) is 7.13. The lowest BCUT2D eigenvalue weighted by Crippen LogP contribution is -2.32. The second kappa shape index (κ2) is 11.2. The number of nitrogen functional groups attached to an aromatic ring is 1. The van der Waals surface area contributed by atoms with Crippen molar-refractivity contribution in [1.29, 1.82) is 0 Å². The van der Waals surface area contributed by atoms with Crippen LogP contribution in [0.1, 0.15) is 55.5 Å². The Morgan fingerprint density at radius 1 is 1.03 bits per heavy atom. The summed E-state index contributed by atoms with van der Waals surface area (Å²) < 4.78 is 5.24. The molecule has 0 unspecified atom stereocenters. The molecule has 0 saturated heterocycles. The van der Waals surface area contributed by atoms with E-state index < -0.39 is 0 Å². The Hall–Kier alpha value is -2.89. The fraction of sp³-hybridized carbons (Fsp3) is 0.435. The molecule has 0 atom stereocenters. The number of methoxy groups -OCH3 is 1. The first-order chi connectivity index (χ1) is 14.0. The molecule has 2 aromatic carbocycles. The molecule has 6 heteroatoms. The zero-order valence-corrected chi connectivity index (χ0v) is 17.9. The lowest BCUT2D eigenvalue weighted by atomic mass is 10.1. The van der Waals surface area contributed by atoms with Gasteiger partial charge in [-0.2, -0.15) is 10.2 Å². The highest BCUT2D eigenvalue weighted by Gasteiger charge is 2.14. The molecule has 2 aromatic rings. The Morgan fingerprint density at radius 2 is 1.66 bits per heavy atom. The number of carbonyl (C=O) groups excluding carboxylic acids is 1. The Kier molecular flexibility index (Phi) is 8.65. The van der Waals surface area contributed by atoms with Crippen molar-refractivity contribution in [3.63, 3.8) is 0 Å². The predicted octanol–water partition coefficient (Wildman–Crippen LogP) is 6.04. The van der Waals surface area contributed by atoms with Gasteiger partial charge in [-0.3, -0.25) is 4.79 Å². The number of carbonyl (C=O) groups is 1. The maximum atomic E-state index is 12.8. The van der Waals surface area contributed by atoms with Crippen LogP contribution in [0.25, 0.3) is 0 Å². The number of hydrogen-bond acceptors (Lipinski definition) is 5. The van der Waals surface area contributed by atoms with Crippen LogP contribution in [0.5, 0.6) is 5.75 Å². The molecule has 0 bridgehead atoms. The zero-order valence-electron chi connectivity index (χ0n) is 17.9. The van der Waals surface area contributed by atoms with E-state index in [2.05, 4.69) is 24.1 Å². The van der Waals surface area contributed by atoms with Crippen LogP contribution in [0.15, 0.2) is 46.6 Å². The first-order valence-corrected chi connectivity index (χ1v) is 10.2. The predicted molar refractivity (Wildman–Crippen MR) is 118 cm³/mol. The summed E-state index contributed by atoms with van der Waals surface area (Å²) in [4.78, 5) is 14.8. The number of nitrogens with two attached hydrogens (primary N) is 1. The Bertz CT molecular complexity index is 824. The first-order valence-electron chi connectivity index (χ1n) is 10.2. The quantitative estimate of drug-likeness (QED) is 0.392. The van der Waals surface area contributed by atoms with Crippen molar-refractivity contribution in [2.45, 2.75) is 46.5 Å². The highest BCUT2D eigenvalue weighted by molar-refractivity contribution is 5.94. The third-order valence-electron chi connectivity index (χ3n) is 4.79. The molecular formula is C23H32N4O2. The third kappa shape index (κ3) is 6.31. The Morgan fingerprint density at radius 3 is 2.21 bits per heavy atom. The summed E-state index contributed by atoms with van der Waals surface area (Å²) in [5.74, 6) is 0.652. The molecule has 0 saturated carbocycles. The largest absolute Gasteiger partial charge is 0.495 e. The maximum absolute atomic E-state index is 12.8. The van der Waals surface area contributed by atoms with Crippen LogP contribution in [0.3, 0.4) is 0 Å². The molecule has 0 aliphatic heterocycles. The van der Waals surface area contributed by atoms with E-state index in [1.807, 2.05) is 42.2 Å². The van der Waals surface area contributed by atoms with E-state index in [1.54, 1.807) is 13.2 Å². The van der Waals surface area contributed by atoms with Crippen LogP contribution in [-0.4, -0.2) is 31.0 Å². The molecule has 0 heterocycles. The molecule has 0 spiro atoms. The summed E-state index contributed by atoms with van der Waals surface area (Å²) >= 11 is 0. The van der Waals surface area contributed by atoms with Crippen molar-refractivity contribution in [3.05, 3.63) is 47.5 Å². The van der Waals surface area contributed by atoms with Crippen LogP contribution in [0, 0.1) is 6.92 Å². The smallest absolute Gasteiger partial charge is 0.253 e. The number of benzene rings is 2. The summed E-state index contributed by atoms with van der Waals surface area (Å²) in [5, 5.41) is 8.60. The van der Waals surface area contributed by atoms with Crippen molar-refractivity contribution in [1.82, 2.24) is 4.90 Å². The molecule has 0 aromatic heterocycles. The minimum absolute atomic E-state index is 0.0782. The second-order valence-electron chi connectivity index (χ2n) is 7.13. The minimum Gasteiger partial charge on any atom is -0.495 e. The number of amides is 1. The summed E-state index contributed by atoms with van der Waals surface area (Å²) in [6.07, 6.45) is 4.19. The van der Waals surface area contributed by atoms with Crippen LogP contribution in [-0.2, 0) is 0 Å². The van der Waals surface area contributed by atoms with Crippen molar-refractivity contribution in [3.8, 4) is 5.75 Å². The standard InChI is InChI=1S/C23H32N4O2/c1-5-7-13-27(14-8-6-2)23(28)18-9-11-19(12-10-18)25-26-21-16-22(29-4)20(24)15-17(21)3/h9-12,15-16H,5-8,13-14,24H2,1-4H3. The minimum atomic E-state index is 0.0782. The van der Waals surface area contributed by atoms with Gasteiger partial charge in [0.05, 0.1) is 24.2 Å². The van der Waals surface area contributed by atoms with E-state index in [0.29, 0.717) is 28.4 Å². The summed E-state index contributed by atoms with van der Waals surface area (Å²) in [6.45, 7) is 7.80. The summed E-state index contributed by atoms with van der Waals surface area (Å²) in [7, 11) is 1.57. The number of rotatable bonds is 10. The highest BCUT2D eigenvalue weighted by Crippen LogP contribution is 2.31. The van der Waals surface area contributed by atoms with Crippen LogP contribution >= 0.6 is 0 Å². The van der Waals surface area contributed by atoms with Crippen molar-refractivity contribution in [2.24, 2.45) is 10.2 Å². The van der Waals surface area contributed by atoms with E-state index in [9.17, 15) is 4.79 Å². The number of nitrogens with zero attached hydrogens (tertiary/aromatic N) is 3. The van der Waals surface area contributed by atoms with Gasteiger partial charge in [0.25, 0.3) is 5.91 Å². The van der Waals surface area contributed by atoms with Crippen molar-refractivity contribution >= 4 is 23.0 Å².